The van der Waals surface area contributed by atoms with Gasteiger partial charge in [-0.25, -0.2) is 9.97 Å². The van der Waals surface area contributed by atoms with Gasteiger partial charge in [0.15, 0.2) is 5.16 Å². The van der Waals surface area contributed by atoms with E-state index < -0.39 is 10.5 Å². The Morgan fingerprint density at radius 3 is 2.74 bits per heavy atom. The lowest BCUT2D eigenvalue weighted by Crippen LogP contribution is -2.14. The third-order valence-corrected chi connectivity index (χ3v) is 5.09. The van der Waals surface area contributed by atoms with Crippen LogP contribution in [0.4, 0.5) is 5.69 Å². The van der Waals surface area contributed by atoms with Gasteiger partial charge in [-0.1, -0.05) is 29.6 Å². The second-order valence-corrected chi connectivity index (χ2v) is 6.98. The van der Waals surface area contributed by atoms with Crippen molar-refractivity contribution in [3.05, 3.63) is 68.6 Å². The second kappa shape index (κ2) is 8.03. The Bertz CT molecular complexity index is 1110. The average molecular weight is 397 g/mol. The highest BCUT2D eigenvalue weighted by Crippen LogP contribution is 2.37. The lowest BCUT2D eigenvalue weighted by atomic mass is 10.1. The number of nitrogens with zero attached hydrogens (tertiary/aromatic N) is 4. The molecule has 0 saturated heterocycles. The number of nitro groups is 1. The van der Waals surface area contributed by atoms with E-state index in [-0.39, 0.29) is 16.9 Å². The molecule has 2 aromatic heterocycles. The van der Waals surface area contributed by atoms with Crippen LogP contribution in [0.3, 0.4) is 0 Å². The van der Waals surface area contributed by atoms with Gasteiger partial charge in [0.1, 0.15) is 16.7 Å². The van der Waals surface area contributed by atoms with E-state index in [0.717, 1.165) is 0 Å². The Kier molecular flexibility index (Phi) is 5.54. The fourth-order valence-electron chi connectivity index (χ4n) is 2.27. The Morgan fingerprint density at radius 2 is 2.11 bits per heavy atom. The van der Waals surface area contributed by atoms with Crippen LogP contribution < -0.4 is 5.56 Å². The summed E-state index contributed by atoms with van der Waals surface area (Å²) in [5, 5.41) is 21.6. The fraction of sp³-hybridized carbons (Fsp3) is 0.0588. The molecule has 0 fully saturated rings. The maximum Gasteiger partial charge on any atom is 0.270 e. The number of hydrogen-bond acceptors (Lipinski definition) is 8. The summed E-state index contributed by atoms with van der Waals surface area (Å²) in [6.45, 7) is 0. The lowest BCUT2D eigenvalue weighted by Gasteiger charge is -2.10. The zero-order chi connectivity index (χ0) is 19.4. The maximum atomic E-state index is 12.2. The van der Waals surface area contributed by atoms with Crippen LogP contribution in [0.15, 0.2) is 62.5 Å². The van der Waals surface area contributed by atoms with Gasteiger partial charge in [0.25, 0.3) is 11.2 Å². The van der Waals surface area contributed by atoms with Gasteiger partial charge in [-0.15, -0.1) is 0 Å². The molecule has 0 amide bonds. The first-order valence-electron chi connectivity index (χ1n) is 7.49. The molecule has 0 aliphatic carbocycles. The first-order chi connectivity index (χ1) is 13.0. The summed E-state index contributed by atoms with van der Waals surface area (Å²) in [4.78, 5) is 34.6. The number of H-pyrrole nitrogens is 1. The highest BCUT2D eigenvalue weighted by Gasteiger charge is 2.20. The minimum atomic E-state index is -0.591. The quantitative estimate of drug-likeness (QED) is 0.300. The van der Waals surface area contributed by atoms with Crippen LogP contribution in [0.2, 0.25) is 0 Å². The number of pyridine rings is 1. The summed E-state index contributed by atoms with van der Waals surface area (Å²) in [6.07, 6.45) is 3.36. The van der Waals surface area contributed by atoms with Gasteiger partial charge in [0, 0.05) is 28.8 Å². The highest BCUT2D eigenvalue weighted by atomic mass is 32.2. The number of nitro benzene ring substituents is 1. The molecule has 0 bridgehead atoms. The average Bonchev–Trinajstić information content (AvgIpc) is 2.68. The van der Waals surface area contributed by atoms with Crippen molar-refractivity contribution in [2.75, 3.05) is 6.26 Å². The minimum absolute atomic E-state index is 0.104. The van der Waals surface area contributed by atoms with Crippen LogP contribution in [0, 0.1) is 21.4 Å². The molecule has 0 aliphatic heterocycles. The number of hydrogen-bond donors (Lipinski definition) is 1. The number of non-ortho nitro benzene ring substituents is 1. The number of thioether (sulfide) groups is 1. The zero-order valence-corrected chi connectivity index (χ0v) is 15.5. The second-order valence-electron chi connectivity index (χ2n) is 5.12. The molecule has 0 aliphatic rings. The molecule has 134 valence electrons. The Morgan fingerprint density at radius 1 is 1.30 bits per heavy atom. The largest absolute Gasteiger partial charge is 0.300 e. The molecule has 1 N–H and O–H groups in total. The fourth-order valence-corrected chi connectivity index (χ4v) is 3.54. The first kappa shape index (κ1) is 18.6. The van der Waals surface area contributed by atoms with E-state index >= 15 is 0 Å². The van der Waals surface area contributed by atoms with Crippen molar-refractivity contribution < 1.29 is 4.92 Å². The van der Waals surface area contributed by atoms with E-state index in [1.54, 1.807) is 30.7 Å². The molecule has 8 nitrogen and oxygen atoms in total. The monoisotopic (exact) mass is 397 g/mol. The van der Waals surface area contributed by atoms with E-state index in [1.807, 2.05) is 12.1 Å². The van der Waals surface area contributed by atoms with E-state index in [2.05, 4.69) is 15.0 Å². The van der Waals surface area contributed by atoms with Gasteiger partial charge in [-0.3, -0.25) is 14.9 Å². The molecule has 0 unspecified atom stereocenters. The Balaban J connectivity index is 2.26. The molecular weight excluding hydrogens is 386 g/mol. The van der Waals surface area contributed by atoms with Crippen LogP contribution in [0.1, 0.15) is 5.56 Å². The standard InChI is InChI=1S/C17H11N5O3S2/c1-26-17-20-15(12(9-18)16(23)21-17)11-8-10(22(24)25)5-6-13(11)27-14-4-2-3-7-19-14/h2-8H,1H3,(H,20,21,23). The molecule has 2 heterocycles. The summed E-state index contributed by atoms with van der Waals surface area (Å²) < 4.78 is 0. The van der Waals surface area contributed by atoms with Gasteiger partial charge in [0.05, 0.1) is 10.6 Å². The highest BCUT2D eigenvalue weighted by molar-refractivity contribution is 7.99. The first-order valence-corrected chi connectivity index (χ1v) is 9.53. The molecule has 3 rings (SSSR count). The molecule has 0 spiro atoms. The number of nitriles is 1. The molecule has 0 saturated carbocycles. The summed E-state index contributed by atoms with van der Waals surface area (Å²) in [7, 11) is 0. The van der Waals surface area contributed by atoms with Crippen molar-refractivity contribution in [1.29, 1.82) is 5.26 Å². The van der Waals surface area contributed by atoms with Crippen molar-refractivity contribution in [1.82, 2.24) is 15.0 Å². The summed E-state index contributed by atoms with van der Waals surface area (Å²) >= 11 is 2.47. The maximum absolute atomic E-state index is 12.2. The van der Waals surface area contributed by atoms with Gasteiger partial charge < -0.3 is 4.98 Å². The number of benzene rings is 1. The minimum Gasteiger partial charge on any atom is -0.300 e. The van der Waals surface area contributed by atoms with Gasteiger partial charge in [0.2, 0.25) is 0 Å². The summed E-state index contributed by atoms with van der Waals surface area (Å²) in [5.74, 6) is 0. The van der Waals surface area contributed by atoms with Gasteiger partial charge in [-0.05, 0) is 24.5 Å². The number of aromatic nitrogens is 3. The molecule has 27 heavy (non-hydrogen) atoms. The Labute approximate surface area is 161 Å². The third kappa shape index (κ3) is 3.99. The predicted octanol–water partition coefficient (Wildman–Crippen LogP) is 3.48. The van der Waals surface area contributed by atoms with Gasteiger partial charge in [-0.2, -0.15) is 5.26 Å². The number of aromatic amines is 1. The number of rotatable bonds is 5. The van der Waals surface area contributed by atoms with Crippen LogP contribution in [-0.4, -0.2) is 26.1 Å². The summed E-state index contributed by atoms with van der Waals surface area (Å²) in [5.41, 5.74) is -0.513. The van der Waals surface area contributed by atoms with Gasteiger partial charge >= 0.3 is 0 Å². The topological polar surface area (TPSA) is 126 Å². The van der Waals surface area contributed by atoms with Crippen molar-refractivity contribution in [2.45, 2.75) is 15.1 Å². The van der Waals surface area contributed by atoms with Crippen molar-refractivity contribution in [2.24, 2.45) is 0 Å². The molecular formula is C17H11N5O3S2. The van der Waals surface area contributed by atoms with Crippen LogP contribution in [0.5, 0.6) is 0 Å². The van der Waals surface area contributed by atoms with Crippen LogP contribution in [0.25, 0.3) is 11.3 Å². The lowest BCUT2D eigenvalue weighted by molar-refractivity contribution is -0.384. The Hall–Kier alpha value is -3.16. The molecule has 0 atom stereocenters. The zero-order valence-electron chi connectivity index (χ0n) is 13.9. The summed E-state index contributed by atoms with van der Waals surface area (Å²) in [6, 6.07) is 11.5. The number of nitrogens with one attached hydrogen (secondary N) is 1. The molecule has 0 radical (unpaired) electrons. The van der Waals surface area contributed by atoms with Crippen molar-refractivity contribution >= 4 is 29.2 Å². The smallest absolute Gasteiger partial charge is 0.270 e. The van der Waals surface area contributed by atoms with E-state index in [0.29, 0.717) is 20.6 Å². The van der Waals surface area contributed by atoms with Crippen LogP contribution >= 0.6 is 23.5 Å². The van der Waals surface area contributed by atoms with E-state index in [9.17, 15) is 20.2 Å². The SMILES string of the molecule is CSc1nc(-c2cc([N+](=O)[O-])ccc2Sc2ccccn2)c(C#N)c(=O)[nH]1. The predicted molar refractivity (Wildman–Crippen MR) is 102 cm³/mol. The van der Waals surface area contributed by atoms with Crippen molar-refractivity contribution in [3.63, 3.8) is 0 Å². The third-order valence-electron chi connectivity index (χ3n) is 3.48. The van der Waals surface area contributed by atoms with E-state index in [4.69, 9.17) is 0 Å². The molecule has 1 aromatic carbocycles. The molecule has 10 heteroatoms. The van der Waals surface area contributed by atoms with E-state index in [1.165, 1.54) is 35.7 Å². The van der Waals surface area contributed by atoms with Crippen LogP contribution in [-0.2, 0) is 0 Å². The normalized spacial score (nSPS) is 10.4. The molecule has 3 aromatic rings. The van der Waals surface area contributed by atoms with Crippen molar-refractivity contribution in [3.8, 4) is 17.3 Å².